The van der Waals surface area contributed by atoms with Gasteiger partial charge in [0.2, 0.25) is 16.8 Å². The lowest BCUT2D eigenvalue weighted by molar-refractivity contribution is -0.315. The molecule has 0 unspecified atom stereocenters. The van der Waals surface area contributed by atoms with Crippen LogP contribution in [0.1, 0.15) is 94.9 Å². The predicted molar refractivity (Wildman–Crippen MR) is 236 cm³/mol. The number of benzene rings is 1. The molecule has 3 saturated heterocycles. The highest BCUT2D eigenvalue weighted by atomic mass is 32.2. The lowest BCUT2D eigenvalue weighted by atomic mass is 9.73. The van der Waals surface area contributed by atoms with E-state index in [0.717, 1.165) is 0 Å². The molecule has 65 heavy (non-hydrogen) atoms. The summed E-state index contributed by atoms with van der Waals surface area (Å²) >= 11 is 0. The van der Waals surface area contributed by atoms with Crippen molar-refractivity contribution in [2.24, 2.45) is 28.8 Å². The number of hydrogen-bond acceptors (Lipinski definition) is 18. The first kappa shape index (κ1) is 55.2. The summed E-state index contributed by atoms with van der Waals surface area (Å²) in [4.78, 5) is 20.0. The molecule has 20 heteroatoms. The third-order valence-electron chi connectivity index (χ3n) is 13.3. The topological polar surface area (TPSA) is 260 Å². The van der Waals surface area contributed by atoms with Gasteiger partial charge in [-0.2, -0.15) is 0 Å². The Morgan fingerprint density at radius 2 is 1.55 bits per heavy atom. The minimum absolute atomic E-state index is 0.00764. The molecule has 374 valence electrons. The number of ether oxygens (including phenoxy) is 8. The van der Waals surface area contributed by atoms with Crippen LogP contribution < -0.4 is 4.72 Å². The number of sulfonamides is 1. The smallest absolute Gasteiger partial charge is 0.311 e. The summed E-state index contributed by atoms with van der Waals surface area (Å²) in [6.45, 7) is 16.5. The van der Waals surface area contributed by atoms with E-state index in [1.165, 1.54) is 40.2 Å². The number of rotatable bonds is 15. The quantitative estimate of drug-likeness (QED) is 0.0639. The van der Waals surface area contributed by atoms with E-state index in [4.69, 9.17) is 42.7 Å². The van der Waals surface area contributed by atoms with Crippen LogP contribution >= 0.6 is 0 Å². The third-order valence-corrected chi connectivity index (χ3v) is 14.8. The number of aliphatic hydroxyl groups is 5. The number of esters is 1. The highest BCUT2D eigenvalue weighted by molar-refractivity contribution is 7.89. The van der Waals surface area contributed by atoms with Gasteiger partial charge in [-0.25, -0.2) is 13.1 Å². The molecule has 6 N–H and O–H groups in total. The molecule has 3 aliphatic rings. The zero-order valence-electron chi connectivity index (χ0n) is 40.0. The van der Waals surface area contributed by atoms with Gasteiger partial charge in [0.05, 0.1) is 77.5 Å². The van der Waals surface area contributed by atoms with Crippen LogP contribution in [-0.4, -0.2) is 164 Å². The van der Waals surface area contributed by atoms with Gasteiger partial charge in [0.15, 0.2) is 12.6 Å². The van der Waals surface area contributed by atoms with Gasteiger partial charge in [-0.3, -0.25) is 4.79 Å². The molecule has 0 saturated carbocycles. The fourth-order valence-corrected chi connectivity index (χ4v) is 10.7. The van der Waals surface area contributed by atoms with Crippen LogP contribution in [0, 0.1) is 23.7 Å². The first-order valence-corrected chi connectivity index (χ1v) is 24.0. The number of methoxy groups -OCH3 is 2. The molecule has 18 atom stereocenters. The third kappa shape index (κ3) is 13.4. The van der Waals surface area contributed by atoms with E-state index < -0.39 is 124 Å². The molecule has 0 amide bonds. The van der Waals surface area contributed by atoms with Crippen molar-refractivity contribution in [3.05, 3.63) is 30.3 Å². The normalized spacial score (nSPS) is 42.3. The molecule has 3 fully saturated rings. The lowest BCUT2D eigenvalue weighted by Gasteiger charge is -2.49. The second-order valence-corrected chi connectivity index (χ2v) is 20.5. The van der Waals surface area contributed by atoms with Crippen LogP contribution in [0.3, 0.4) is 0 Å². The number of oxime groups is 1. The number of carbonyl (C=O) groups is 1. The van der Waals surface area contributed by atoms with E-state index in [9.17, 15) is 38.7 Å². The maximum Gasteiger partial charge on any atom is 0.311 e. The molecule has 19 nitrogen and oxygen atoms in total. The molecule has 0 aliphatic carbocycles. The first-order chi connectivity index (χ1) is 30.3. The van der Waals surface area contributed by atoms with Gasteiger partial charge in [-0.05, 0) is 72.9 Å². The Kier molecular flexibility index (Phi) is 19.8. The highest BCUT2D eigenvalue weighted by Crippen LogP contribution is 2.41. The molecule has 0 bridgehead atoms. The summed E-state index contributed by atoms with van der Waals surface area (Å²) in [6, 6.07) is 6.62. The molecule has 3 heterocycles. The molecule has 1 aromatic carbocycles. The fourth-order valence-electron chi connectivity index (χ4n) is 9.43. The number of aliphatic hydroxyl groups excluding tert-OH is 3. The van der Waals surface area contributed by atoms with Crippen molar-refractivity contribution in [3.63, 3.8) is 0 Å². The second kappa shape index (κ2) is 23.3. The summed E-state index contributed by atoms with van der Waals surface area (Å²) in [6.07, 6.45) is -12.0. The molecule has 4 rings (SSSR count). The van der Waals surface area contributed by atoms with Gasteiger partial charge in [0.1, 0.15) is 23.9 Å². The highest BCUT2D eigenvalue weighted by Gasteiger charge is 2.53. The van der Waals surface area contributed by atoms with Crippen LogP contribution in [0.5, 0.6) is 0 Å². The Morgan fingerprint density at radius 1 is 0.892 bits per heavy atom. The summed E-state index contributed by atoms with van der Waals surface area (Å²) in [5, 5.41) is 64.1. The Morgan fingerprint density at radius 3 is 2.17 bits per heavy atom. The zero-order valence-corrected chi connectivity index (χ0v) is 40.8. The van der Waals surface area contributed by atoms with Gasteiger partial charge in [-0.15, -0.1) is 0 Å². The van der Waals surface area contributed by atoms with Gasteiger partial charge >= 0.3 is 5.97 Å². The molecule has 3 aliphatic heterocycles. The van der Waals surface area contributed by atoms with Crippen LogP contribution in [0.2, 0.25) is 0 Å². The minimum Gasteiger partial charge on any atom is -0.459 e. The standard InChI is InChI=1S/C45H76N2O17S/c1-13-33-45(10,53)38(49)27(4)35(46-59-24-58-20-19-56-11)25(2)22-43(8,52)40(64-42-36(48)32(21-26(3)60-42)47-65(54,55)31-17-15-14-16-18-31)28(5)37(29(6)41(51)62-33)63-34-23-44(9,57-12)39(50)30(7)61-34/h14-18,25-30,32-34,36-40,42,47-50,52-53H,13,19-24H2,1-12H3/b46-35+/t25-,26-,27+,28+,29-,30+,32+,33-,34+,36-,37+,38-,39+,40-,42+,43-,44-,45-/m1/s1. The van der Waals surface area contributed by atoms with E-state index in [-0.39, 0.29) is 49.7 Å². The Labute approximate surface area is 384 Å². The van der Waals surface area contributed by atoms with Crippen molar-refractivity contribution in [3.8, 4) is 0 Å². The molecule has 1 aromatic rings. The van der Waals surface area contributed by atoms with E-state index in [1.807, 2.05) is 0 Å². The fraction of sp³-hybridized carbons (Fsp3) is 0.822. The predicted octanol–water partition coefficient (Wildman–Crippen LogP) is 2.63. The number of hydrogen-bond donors (Lipinski definition) is 6. The second-order valence-electron chi connectivity index (χ2n) is 18.7. The molecule has 0 spiro atoms. The molecule has 0 radical (unpaired) electrons. The van der Waals surface area contributed by atoms with Gasteiger partial charge in [0.25, 0.3) is 0 Å². The number of nitrogens with one attached hydrogen (secondary N) is 1. The van der Waals surface area contributed by atoms with E-state index in [1.54, 1.807) is 73.6 Å². The number of cyclic esters (lactones) is 1. The summed E-state index contributed by atoms with van der Waals surface area (Å²) < 4.78 is 77.7. The number of carbonyl (C=O) groups excluding carboxylic acids is 1. The molecule has 0 aromatic heterocycles. The zero-order chi connectivity index (χ0) is 48.7. The van der Waals surface area contributed by atoms with Crippen molar-refractivity contribution in [2.75, 3.05) is 34.2 Å². The van der Waals surface area contributed by atoms with E-state index in [2.05, 4.69) is 9.88 Å². The van der Waals surface area contributed by atoms with Crippen LogP contribution in [0.25, 0.3) is 0 Å². The largest absolute Gasteiger partial charge is 0.459 e. The average Bonchev–Trinajstić information content (AvgIpc) is 3.25. The van der Waals surface area contributed by atoms with E-state index in [0.29, 0.717) is 6.61 Å². The maximum absolute atomic E-state index is 14.4. The lowest BCUT2D eigenvalue weighted by Crippen LogP contribution is -2.61. The van der Waals surface area contributed by atoms with Crippen LogP contribution in [0.15, 0.2) is 40.4 Å². The molecular formula is C45H76N2O17S. The van der Waals surface area contributed by atoms with Crippen molar-refractivity contribution >= 4 is 21.7 Å². The van der Waals surface area contributed by atoms with Crippen molar-refractivity contribution in [1.29, 1.82) is 0 Å². The van der Waals surface area contributed by atoms with Gasteiger partial charge < -0.3 is 68.3 Å². The number of nitrogens with zero attached hydrogens (tertiary/aromatic N) is 1. The monoisotopic (exact) mass is 948 g/mol. The average molecular weight is 949 g/mol. The van der Waals surface area contributed by atoms with E-state index >= 15 is 0 Å². The van der Waals surface area contributed by atoms with Crippen molar-refractivity contribution in [1.82, 2.24) is 4.72 Å². The summed E-state index contributed by atoms with van der Waals surface area (Å²) in [7, 11) is -1.13. The van der Waals surface area contributed by atoms with Crippen LogP contribution in [-0.2, 0) is 57.6 Å². The van der Waals surface area contributed by atoms with Gasteiger partial charge in [0, 0.05) is 38.4 Å². The maximum atomic E-state index is 14.4. The summed E-state index contributed by atoms with van der Waals surface area (Å²) in [5.41, 5.74) is -4.86. The first-order valence-electron chi connectivity index (χ1n) is 22.5. The van der Waals surface area contributed by atoms with Crippen molar-refractivity contribution < 1.29 is 81.5 Å². The Balaban J connectivity index is 1.85. The van der Waals surface area contributed by atoms with Gasteiger partial charge in [-0.1, -0.05) is 51.0 Å². The summed E-state index contributed by atoms with van der Waals surface area (Å²) in [5.74, 6) is -4.66. The minimum atomic E-state index is -4.11. The Hall–Kier alpha value is -2.41. The Bertz CT molecular complexity index is 1790. The van der Waals surface area contributed by atoms with Crippen molar-refractivity contribution in [2.45, 2.75) is 184 Å². The van der Waals surface area contributed by atoms with Crippen LogP contribution in [0.4, 0.5) is 0 Å². The SMILES string of the molecule is CC[C@H]1OC(=O)[C@H](C)[C@@H](O[C@H]2C[C@@](C)(OC)[C@@H](O)[C@H](C)O2)[C@H](C)[C@@H](O[C@@H]2O[C@H](C)C[C@H](NS(=O)(=O)c3ccccc3)[C@H]2O)[C@](C)(O)C[C@@H](C)/C(=N\OCOCCOC)[C@H](C)[C@@H](O)[C@]1(C)O. The molecular weight excluding hydrogens is 873 g/mol.